The Morgan fingerprint density at radius 1 is 1.26 bits per heavy atom. The van der Waals surface area contributed by atoms with Crippen LogP contribution in [0.4, 0.5) is 0 Å². The molecule has 1 aromatic rings. The van der Waals surface area contributed by atoms with Gasteiger partial charge in [-0.2, -0.15) is 0 Å². The topological polar surface area (TPSA) is 41.6 Å². The third-order valence-electron chi connectivity index (χ3n) is 3.40. The molecular formula is C15H22N2O2. The molecule has 0 aromatic heterocycles. The van der Waals surface area contributed by atoms with Gasteiger partial charge in [0.2, 0.25) is 0 Å². The number of piperazine rings is 1. The molecular weight excluding hydrogens is 240 g/mol. The van der Waals surface area contributed by atoms with Crippen molar-refractivity contribution in [3.05, 3.63) is 35.9 Å². The van der Waals surface area contributed by atoms with Crippen molar-refractivity contribution in [1.29, 1.82) is 0 Å². The van der Waals surface area contributed by atoms with Crippen LogP contribution in [0.15, 0.2) is 30.3 Å². The van der Waals surface area contributed by atoms with Gasteiger partial charge in [0.25, 0.3) is 0 Å². The van der Waals surface area contributed by atoms with Gasteiger partial charge >= 0.3 is 5.97 Å². The number of esters is 1. The first-order valence-corrected chi connectivity index (χ1v) is 6.78. The second kappa shape index (κ2) is 6.17. The Labute approximate surface area is 114 Å². The van der Waals surface area contributed by atoms with Crippen LogP contribution in [0.2, 0.25) is 0 Å². The first-order chi connectivity index (χ1) is 9.08. The summed E-state index contributed by atoms with van der Waals surface area (Å²) >= 11 is 0. The molecule has 0 spiro atoms. The molecule has 1 aliphatic rings. The lowest BCUT2D eigenvalue weighted by Gasteiger charge is -2.30. The smallest absolute Gasteiger partial charge is 0.321 e. The molecule has 4 heteroatoms. The highest BCUT2D eigenvalue weighted by molar-refractivity contribution is 5.72. The van der Waals surface area contributed by atoms with Crippen LogP contribution in [0.25, 0.3) is 0 Å². The number of carbonyl (C=O) groups excluding carboxylic acids is 1. The summed E-state index contributed by atoms with van der Waals surface area (Å²) in [5.74, 6) is -0.157. The van der Waals surface area contributed by atoms with E-state index in [-0.39, 0.29) is 5.97 Å². The van der Waals surface area contributed by atoms with Crippen LogP contribution in [0, 0.1) is 0 Å². The van der Waals surface area contributed by atoms with Crippen molar-refractivity contribution in [1.82, 2.24) is 10.2 Å². The van der Waals surface area contributed by atoms with Crippen LogP contribution in [-0.2, 0) is 15.1 Å². The van der Waals surface area contributed by atoms with Crippen molar-refractivity contribution < 1.29 is 9.53 Å². The minimum absolute atomic E-state index is 0.157. The van der Waals surface area contributed by atoms with Gasteiger partial charge in [-0.3, -0.25) is 9.69 Å². The van der Waals surface area contributed by atoms with Crippen LogP contribution in [-0.4, -0.2) is 43.6 Å². The summed E-state index contributed by atoms with van der Waals surface area (Å²) in [5.41, 5.74) is 0.440. The first-order valence-electron chi connectivity index (χ1n) is 6.78. The molecule has 1 fully saturated rings. The Morgan fingerprint density at radius 2 is 1.89 bits per heavy atom. The SMILES string of the molecule is CC(C)(OC(=O)CN1CCNCC1)c1ccccc1. The lowest BCUT2D eigenvalue weighted by atomic mass is 9.98. The van der Waals surface area contributed by atoms with E-state index in [2.05, 4.69) is 10.2 Å². The van der Waals surface area contributed by atoms with Crippen LogP contribution < -0.4 is 5.32 Å². The number of nitrogens with one attached hydrogen (secondary N) is 1. The molecule has 1 saturated heterocycles. The third-order valence-corrected chi connectivity index (χ3v) is 3.40. The zero-order valence-corrected chi connectivity index (χ0v) is 11.7. The first kappa shape index (κ1) is 14.0. The summed E-state index contributed by atoms with van der Waals surface area (Å²) in [4.78, 5) is 14.1. The van der Waals surface area contributed by atoms with E-state index in [9.17, 15) is 4.79 Å². The lowest BCUT2D eigenvalue weighted by Crippen LogP contribution is -2.46. The van der Waals surface area contributed by atoms with Crippen molar-refractivity contribution in [3.63, 3.8) is 0 Å². The van der Waals surface area contributed by atoms with E-state index in [1.54, 1.807) is 0 Å². The fraction of sp³-hybridized carbons (Fsp3) is 0.533. The normalized spacial score (nSPS) is 17.2. The van der Waals surface area contributed by atoms with E-state index in [0.717, 1.165) is 31.7 Å². The quantitative estimate of drug-likeness (QED) is 0.832. The van der Waals surface area contributed by atoms with Crippen molar-refractivity contribution in [2.24, 2.45) is 0 Å². The number of carbonyl (C=O) groups is 1. The molecule has 1 heterocycles. The van der Waals surface area contributed by atoms with Gasteiger partial charge < -0.3 is 10.1 Å². The van der Waals surface area contributed by atoms with E-state index in [1.165, 1.54) is 0 Å². The molecule has 0 saturated carbocycles. The van der Waals surface area contributed by atoms with Gasteiger partial charge in [0.1, 0.15) is 5.60 Å². The van der Waals surface area contributed by atoms with Gasteiger partial charge in [-0.05, 0) is 19.4 Å². The second-order valence-corrected chi connectivity index (χ2v) is 5.38. The zero-order chi connectivity index (χ0) is 13.7. The molecule has 19 heavy (non-hydrogen) atoms. The second-order valence-electron chi connectivity index (χ2n) is 5.38. The van der Waals surface area contributed by atoms with Gasteiger partial charge in [-0.25, -0.2) is 0 Å². The third kappa shape index (κ3) is 4.04. The molecule has 1 aliphatic heterocycles. The zero-order valence-electron chi connectivity index (χ0n) is 11.7. The predicted octanol–water partition coefficient (Wildman–Crippen LogP) is 1.37. The van der Waals surface area contributed by atoms with E-state index in [0.29, 0.717) is 6.54 Å². The summed E-state index contributed by atoms with van der Waals surface area (Å²) in [6.45, 7) is 7.92. The molecule has 2 rings (SSSR count). The van der Waals surface area contributed by atoms with E-state index in [1.807, 2.05) is 44.2 Å². The average Bonchev–Trinajstić information content (AvgIpc) is 2.40. The van der Waals surface area contributed by atoms with Crippen molar-refractivity contribution in [2.45, 2.75) is 19.4 Å². The summed E-state index contributed by atoms with van der Waals surface area (Å²) in [6.07, 6.45) is 0. The molecule has 0 unspecified atom stereocenters. The van der Waals surface area contributed by atoms with Crippen LogP contribution in [0.3, 0.4) is 0 Å². The predicted molar refractivity (Wildman–Crippen MR) is 74.9 cm³/mol. The lowest BCUT2D eigenvalue weighted by molar-refractivity contribution is -0.158. The largest absolute Gasteiger partial charge is 0.454 e. The van der Waals surface area contributed by atoms with Crippen molar-refractivity contribution >= 4 is 5.97 Å². The number of nitrogens with zero attached hydrogens (tertiary/aromatic N) is 1. The minimum Gasteiger partial charge on any atom is -0.454 e. The maximum absolute atomic E-state index is 12.0. The Hall–Kier alpha value is -1.39. The Kier molecular flexibility index (Phi) is 4.56. The number of ether oxygens (including phenoxy) is 1. The maximum Gasteiger partial charge on any atom is 0.321 e. The van der Waals surface area contributed by atoms with Gasteiger partial charge in [0.15, 0.2) is 0 Å². The highest BCUT2D eigenvalue weighted by Crippen LogP contribution is 2.24. The van der Waals surface area contributed by atoms with Crippen molar-refractivity contribution in [2.75, 3.05) is 32.7 Å². The summed E-state index contributed by atoms with van der Waals surface area (Å²) in [5, 5.41) is 3.27. The minimum atomic E-state index is -0.577. The van der Waals surface area contributed by atoms with Crippen LogP contribution in [0.1, 0.15) is 19.4 Å². The molecule has 0 aliphatic carbocycles. The highest BCUT2D eigenvalue weighted by atomic mass is 16.6. The Morgan fingerprint density at radius 3 is 2.53 bits per heavy atom. The number of rotatable bonds is 4. The van der Waals surface area contributed by atoms with E-state index in [4.69, 9.17) is 4.74 Å². The van der Waals surface area contributed by atoms with Crippen LogP contribution in [0.5, 0.6) is 0 Å². The van der Waals surface area contributed by atoms with Gasteiger partial charge in [0, 0.05) is 26.2 Å². The van der Waals surface area contributed by atoms with Gasteiger partial charge in [-0.15, -0.1) is 0 Å². The number of hydrogen-bond acceptors (Lipinski definition) is 4. The molecule has 1 aromatic carbocycles. The van der Waals surface area contributed by atoms with Gasteiger partial charge in [0.05, 0.1) is 6.54 Å². The standard InChI is InChI=1S/C15H22N2O2/c1-15(2,13-6-4-3-5-7-13)19-14(18)12-17-10-8-16-9-11-17/h3-7,16H,8-12H2,1-2H3. The number of benzene rings is 1. The Bertz CT molecular complexity index is 411. The van der Waals surface area contributed by atoms with Crippen molar-refractivity contribution in [3.8, 4) is 0 Å². The molecule has 0 radical (unpaired) electrons. The van der Waals surface area contributed by atoms with Gasteiger partial charge in [-0.1, -0.05) is 30.3 Å². The van der Waals surface area contributed by atoms with E-state index < -0.39 is 5.60 Å². The molecule has 1 N–H and O–H groups in total. The maximum atomic E-state index is 12.0. The average molecular weight is 262 g/mol. The fourth-order valence-electron chi connectivity index (χ4n) is 2.27. The molecule has 0 bridgehead atoms. The number of hydrogen-bond donors (Lipinski definition) is 1. The molecule has 4 nitrogen and oxygen atoms in total. The Balaban J connectivity index is 1.90. The monoisotopic (exact) mass is 262 g/mol. The summed E-state index contributed by atoms with van der Waals surface area (Å²) < 4.78 is 5.63. The summed E-state index contributed by atoms with van der Waals surface area (Å²) in [6, 6.07) is 9.85. The molecule has 0 amide bonds. The van der Waals surface area contributed by atoms with E-state index >= 15 is 0 Å². The molecule has 104 valence electrons. The van der Waals surface area contributed by atoms with Crippen LogP contribution >= 0.6 is 0 Å². The summed E-state index contributed by atoms with van der Waals surface area (Å²) in [7, 11) is 0. The highest BCUT2D eigenvalue weighted by Gasteiger charge is 2.26. The fourth-order valence-corrected chi connectivity index (χ4v) is 2.27. The molecule has 0 atom stereocenters.